The van der Waals surface area contributed by atoms with Crippen LogP contribution < -0.4 is 4.74 Å². The fraction of sp³-hybridized carbons (Fsp3) is 0.688. The lowest BCUT2D eigenvalue weighted by molar-refractivity contribution is -0.0110. The van der Waals surface area contributed by atoms with E-state index in [1.54, 1.807) is 0 Å². The second kappa shape index (κ2) is 8.84. The summed E-state index contributed by atoms with van der Waals surface area (Å²) in [4.78, 5) is 35.8. The molecule has 0 spiro atoms. The molecule has 3 heterocycles. The van der Waals surface area contributed by atoms with Crippen molar-refractivity contribution in [2.45, 2.75) is 56.5 Å². The van der Waals surface area contributed by atoms with Crippen molar-refractivity contribution < 1.29 is 42.9 Å². The summed E-state index contributed by atoms with van der Waals surface area (Å²) in [6.07, 6.45) is 4.53. The third-order valence-corrected chi connectivity index (χ3v) is 8.64. The SMILES string of the molecule is O=P(O)(O)CP(=O)(O)OC[C@@H]1C[C@@H](O)[C@H](c2cnc3c(OC4CCCC4)ncnn23)O1. The number of imidazole rings is 1. The minimum Gasteiger partial charge on any atom is -0.472 e. The Morgan fingerprint density at radius 1 is 1.19 bits per heavy atom. The van der Waals surface area contributed by atoms with Crippen molar-refractivity contribution in [1.82, 2.24) is 19.6 Å². The highest BCUT2D eigenvalue weighted by Crippen LogP contribution is 2.55. The third-order valence-electron chi connectivity index (χ3n) is 5.19. The first kappa shape index (κ1) is 22.8. The number of aliphatic hydroxyl groups excluding tert-OH is 1. The molecule has 2 aromatic rings. The number of fused-ring (bicyclic) bond motifs is 1. The zero-order valence-electron chi connectivity index (χ0n) is 16.4. The minimum absolute atomic E-state index is 0.0796. The topological polar surface area (TPSA) is 186 Å². The highest BCUT2D eigenvalue weighted by molar-refractivity contribution is 7.70. The van der Waals surface area contributed by atoms with Crippen molar-refractivity contribution in [1.29, 1.82) is 0 Å². The molecule has 172 valence electrons. The van der Waals surface area contributed by atoms with Crippen molar-refractivity contribution in [3.05, 3.63) is 18.2 Å². The molecule has 0 amide bonds. The Morgan fingerprint density at radius 3 is 2.65 bits per heavy atom. The summed E-state index contributed by atoms with van der Waals surface area (Å²) in [6.45, 7) is -0.414. The predicted octanol–water partition coefficient (Wildman–Crippen LogP) is 0.974. The lowest BCUT2D eigenvalue weighted by Gasteiger charge is -2.17. The van der Waals surface area contributed by atoms with Crippen LogP contribution in [0.4, 0.5) is 0 Å². The van der Waals surface area contributed by atoms with E-state index in [0.717, 1.165) is 25.7 Å². The molecule has 0 radical (unpaired) electrons. The van der Waals surface area contributed by atoms with Crippen LogP contribution in [0, 0.1) is 0 Å². The summed E-state index contributed by atoms with van der Waals surface area (Å²) in [5, 5.41) is 14.6. The van der Waals surface area contributed by atoms with Gasteiger partial charge in [-0.3, -0.25) is 9.13 Å². The number of hydrogen-bond donors (Lipinski definition) is 4. The molecular weight excluding hydrogens is 454 g/mol. The first-order valence-electron chi connectivity index (χ1n) is 9.81. The third kappa shape index (κ3) is 5.50. The number of aromatic nitrogens is 4. The van der Waals surface area contributed by atoms with Crippen LogP contribution >= 0.6 is 15.2 Å². The average molecular weight is 478 g/mol. The zero-order chi connectivity index (χ0) is 22.2. The molecule has 13 nitrogen and oxygen atoms in total. The Balaban J connectivity index is 1.45. The second-order valence-corrected chi connectivity index (χ2v) is 11.7. The molecule has 1 unspecified atom stereocenters. The van der Waals surface area contributed by atoms with Crippen LogP contribution in [0.15, 0.2) is 12.5 Å². The highest BCUT2D eigenvalue weighted by atomic mass is 31.2. The summed E-state index contributed by atoms with van der Waals surface area (Å²) in [7, 11) is -9.23. The molecule has 31 heavy (non-hydrogen) atoms. The molecule has 4 atom stereocenters. The van der Waals surface area contributed by atoms with Crippen LogP contribution in [-0.4, -0.2) is 70.2 Å². The van der Waals surface area contributed by atoms with Crippen LogP contribution in [0.3, 0.4) is 0 Å². The van der Waals surface area contributed by atoms with Gasteiger partial charge in [0, 0.05) is 6.42 Å². The second-order valence-electron chi connectivity index (χ2n) is 7.73. The monoisotopic (exact) mass is 478 g/mol. The lowest BCUT2D eigenvalue weighted by Crippen LogP contribution is -2.17. The number of hydrogen-bond acceptors (Lipinski definition) is 9. The summed E-state index contributed by atoms with van der Waals surface area (Å²) >= 11 is 0. The van der Waals surface area contributed by atoms with Crippen molar-refractivity contribution in [3.8, 4) is 5.88 Å². The van der Waals surface area contributed by atoms with E-state index in [1.165, 1.54) is 17.0 Å². The molecule has 0 bridgehead atoms. The van der Waals surface area contributed by atoms with Gasteiger partial charge in [0.25, 0.3) is 5.88 Å². The van der Waals surface area contributed by atoms with Crippen molar-refractivity contribution >= 4 is 20.8 Å². The van der Waals surface area contributed by atoms with Gasteiger partial charge in [0.15, 0.2) is 5.90 Å². The Kier molecular flexibility index (Phi) is 6.49. The van der Waals surface area contributed by atoms with Gasteiger partial charge in [-0.2, -0.15) is 10.1 Å². The van der Waals surface area contributed by atoms with Gasteiger partial charge in [-0.15, -0.1) is 0 Å². The summed E-state index contributed by atoms with van der Waals surface area (Å²) < 4.78 is 40.7. The number of rotatable bonds is 8. The van der Waals surface area contributed by atoms with E-state index in [9.17, 15) is 19.1 Å². The van der Waals surface area contributed by atoms with Crippen LogP contribution in [0.5, 0.6) is 5.88 Å². The maximum absolute atomic E-state index is 11.8. The van der Waals surface area contributed by atoms with Gasteiger partial charge in [0.05, 0.1) is 30.7 Å². The smallest absolute Gasteiger partial charge is 0.340 e. The maximum Gasteiger partial charge on any atom is 0.340 e. The molecule has 1 saturated heterocycles. The largest absolute Gasteiger partial charge is 0.472 e. The van der Waals surface area contributed by atoms with Gasteiger partial charge < -0.3 is 33.8 Å². The van der Waals surface area contributed by atoms with Crippen LogP contribution in [0.2, 0.25) is 0 Å². The molecule has 2 aliphatic rings. The number of nitrogens with zero attached hydrogens (tertiary/aromatic N) is 4. The van der Waals surface area contributed by atoms with Crippen LogP contribution in [0.1, 0.15) is 43.9 Å². The summed E-state index contributed by atoms with van der Waals surface area (Å²) in [5.74, 6) is -0.939. The zero-order valence-corrected chi connectivity index (χ0v) is 18.2. The molecule has 2 aromatic heterocycles. The van der Waals surface area contributed by atoms with Gasteiger partial charge >= 0.3 is 15.2 Å². The molecule has 0 aromatic carbocycles. The average Bonchev–Trinajstić information content (AvgIpc) is 3.38. The van der Waals surface area contributed by atoms with Crippen LogP contribution in [-0.2, 0) is 18.4 Å². The molecule has 15 heteroatoms. The Bertz CT molecular complexity index is 1020. The van der Waals surface area contributed by atoms with E-state index < -0.39 is 46.0 Å². The van der Waals surface area contributed by atoms with E-state index in [-0.39, 0.29) is 12.5 Å². The van der Waals surface area contributed by atoms with E-state index in [4.69, 9.17) is 23.8 Å². The summed E-state index contributed by atoms with van der Waals surface area (Å²) in [5.41, 5.74) is 0.840. The number of aliphatic hydroxyl groups is 1. The van der Waals surface area contributed by atoms with Crippen molar-refractivity contribution in [3.63, 3.8) is 0 Å². The molecule has 2 fully saturated rings. The number of ether oxygens (including phenoxy) is 2. The molecule has 4 rings (SSSR count). The Morgan fingerprint density at radius 2 is 1.94 bits per heavy atom. The van der Waals surface area contributed by atoms with E-state index in [0.29, 0.717) is 17.2 Å². The van der Waals surface area contributed by atoms with E-state index >= 15 is 0 Å². The quantitative estimate of drug-likeness (QED) is 0.395. The van der Waals surface area contributed by atoms with Crippen molar-refractivity contribution in [2.75, 3.05) is 12.5 Å². The molecule has 4 N–H and O–H groups in total. The van der Waals surface area contributed by atoms with E-state index in [1.807, 2.05) is 0 Å². The standard InChI is InChI=1S/C16H24N4O9P2/c21-13-5-11(7-27-31(25,26)9-30(22,23)24)28-14(13)12-6-17-15-16(18-8-19-20(12)15)29-10-3-1-2-4-10/h6,8,10-11,13-14,21H,1-5,7,9H2,(H,25,26)(H2,22,23,24)/t11-,13+,14-/m0/s1. The minimum atomic E-state index is -4.72. The molecule has 1 saturated carbocycles. The van der Waals surface area contributed by atoms with Crippen LogP contribution in [0.25, 0.3) is 5.65 Å². The Labute approximate surface area is 177 Å². The van der Waals surface area contributed by atoms with Gasteiger partial charge in [0.1, 0.15) is 18.5 Å². The van der Waals surface area contributed by atoms with Gasteiger partial charge in [0.2, 0.25) is 5.65 Å². The molecule has 1 aliphatic carbocycles. The maximum atomic E-state index is 11.8. The fourth-order valence-electron chi connectivity index (χ4n) is 3.85. The van der Waals surface area contributed by atoms with E-state index in [2.05, 4.69) is 15.1 Å². The summed E-state index contributed by atoms with van der Waals surface area (Å²) in [6, 6.07) is 0. The van der Waals surface area contributed by atoms with Gasteiger partial charge in [-0.25, -0.2) is 9.50 Å². The lowest BCUT2D eigenvalue weighted by atomic mass is 10.1. The first-order chi connectivity index (χ1) is 14.6. The predicted molar refractivity (Wildman–Crippen MR) is 105 cm³/mol. The highest BCUT2D eigenvalue weighted by Gasteiger charge is 2.39. The Hall–Kier alpha value is -1.43. The molecule has 1 aliphatic heterocycles. The molecular formula is C16H24N4O9P2. The van der Waals surface area contributed by atoms with Gasteiger partial charge in [-0.1, -0.05) is 0 Å². The fourth-order valence-corrected chi connectivity index (χ4v) is 6.44. The normalized spacial score (nSPS) is 27.0. The first-order valence-corrected chi connectivity index (χ1v) is 13.4. The van der Waals surface area contributed by atoms with Gasteiger partial charge in [-0.05, 0) is 25.7 Å². The van der Waals surface area contributed by atoms with Crippen molar-refractivity contribution in [2.24, 2.45) is 0 Å².